The fraction of sp³-hybridized carbons (Fsp3) is 0.412. The number of aromatic nitrogens is 1. The van der Waals surface area contributed by atoms with Crippen molar-refractivity contribution in [2.75, 3.05) is 24.6 Å². The highest BCUT2D eigenvalue weighted by atomic mass is 16.5. The maximum atomic E-state index is 12.3. The number of nitrogens with zero attached hydrogens (tertiary/aromatic N) is 2. The van der Waals surface area contributed by atoms with E-state index in [1.165, 1.54) is 0 Å². The Labute approximate surface area is 129 Å². The van der Waals surface area contributed by atoms with E-state index < -0.39 is 0 Å². The lowest BCUT2D eigenvalue weighted by molar-refractivity contribution is 0.0526. The molecule has 2 heterocycles. The SMILES string of the molecule is CCOC(=O)c1cnc2ccccc2c1N1CCC(O)CC1. The normalized spacial score (nSPS) is 16.0. The summed E-state index contributed by atoms with van der Waals surface area (Å²) >= 11 is 0. The molecule has 2 aromatic rings. The predicted octanol–water partition coefficient (Wildman–Crippen LogP) is 2.37. The smallest absolute Gasteiger partial charge is 0.341 e. The summed E-state index contributed by atoms with van der Waals surface area (Å²) in [6.45, 7) is 3.58. The Hall–Kier alpha value is -2.14. The first kappa shape index (κ1) is 14.8. The van der Waals surface area contributed by atoms with Crippen LogP contribution in [-0.4, -0.2) is 41.9 Å². The number of hydrogen-bond acceptors (Lipinski definition) is 5. The zero-order valence-corrected chi connectivity index (χ0v) is 12.7. The second-order valence-corrected chi connectivity index (χ2v) is 5.48. The Morgan fingerprint density at radius 1 is 1.36 bits per heavy atom. The molecule has 22 heavy (non-hydrogen) atoms. The number of pyridine rings is 1. The summed E-state index contributed by atoms with van der Waals surface area (Å²) in [5.41, 5.74) is 2.23. The van der Waals surface area contributed by atoms with Crippen molar-refractivity contribution in [3.8, 4) is 0 Å². The van der Waals surface area contributed by atoms with E-state index in [-0.39, 0.29) is 12.1 Å². The number of esters is 1. The van der Waals surface area contributed by atoms with Gasteiger partial charge in [0.25, 0.3) is 0 Å². The summed E-state index contributed by atoms with van der Waals surface area (Å²) < 4.78 is 5.17. The molecule has 5 heteroatoms. The first-order chi connectivity index (χ1) is 10.7. The second kappa shape index (κ2) is 6.32. The molecule has 0 aliphatic carbocycles. The molecule has 1 fully saturated rings. The number of benzene rings is 1. The highest BCUT2D eigenvalue weighted by Gasteiger charge is 2.24. The third kappa shape index (κ3) is 2.76. The molecule has 0 atom stereocenters. The third-order valence-electron chi connectivity index (χ3n) is 4.02. The minimum absolute atomic E-state index is 0.254. The number of ether oxygens (including phenoxy) is 1. The van der Waals surface area contributed by atoms with E-state index in [1.807, 2.05) is 24.3 Å². The van der Waals surface area contributed by atoms with Gasteiger partial charge >= 0.3 is 5.97 Å². The van der Waals surface area contributed by atoms with Crippen LogP contribution in [0.25, 0.3) is 10.9 Å². The molecule has 1 saturated heterocycles. The van der Waals surface area contributed by atoms with Crippen molar-refractivity contribution in [3.63, 3.8) is 0 Å². The monoisotopic (exact) mass is 300 g/mol. The maximum Gasteiger partial charge on any atom is 0.341 e. The summed E-state index contributed by atoms with van der Waals surface area (Å²) in [6.07, 6.45) is 2.76. The second-order valence-electron chi connectivity index (χ2n) is 5.48. The zero-order valence-electron chi connectivity index (χ0n) is 12.7. The van der Waals surface area contributed by atoms with Crippen LogP contribution in [0.15, 0.2) is 30.5 Å². The van der Waals surface area contributed by atoms with Crippen LogP contribution in [0.3, 0.4) is 0 Å². The van der Waals surface area contributed by atoms with Crippen LogP contribution in [0.2, 0.25) is 0 Å². The highest BCUT2D eigenvalue weighted by molar-refractivity contribution is 6.05. The van der Waals surface area contributed by atoms with Crippen LogP contribution in [0, 0.1) is 0 Å². The molecular weight excluding hydrogens is 280 g/mol. The van der Waals surface area contributed by atoms with Gasteiger partial charge in [0.1, 0.15) is 5.56 Å². The van der Waals surface area contributed by atoms with Crippen LogP contribution in [0.1, 0.15) is 30.1 Å². The highest BCUT2D eigenvalue weighted by Crippen LogP contribution is 2.32. The number of aliphatic hydroxyl groups is 1. The summed E-state index contributed by atoms with van der Waals surface area (Å²) in [6, 6.07) is 7.79. The molecule has 1 aliphatic rings. The number of anilines is 1. The number of carbonyl (C=O) groups excluding carboxylic acids is 1. The van der Waals surface area contributed by atoms with E-state index in [2.05, 4.69) is 9.88 Å². The molecule has 116 valence electrons. The van der Waals surface area contributed by atoms with Crippen molar-refractivity contribution in [1.82, 2.24) is 4.98 Å². The number of carbonyl (C=O) groups is 1. The number of para-hydroxylation sites is 1. The maximum absolute atomic E-state index is 12.3. The van der Waals surface area contributed by atoms with Crippen LogP contribution >= 0.6 is 0 Å². The standard InChI is InChI=1S/C17H20N2O3/c1-2-22-17(21)14-11-18-15-6-4-3-5-13(15)16(14)19-9-7-12(20)8-10-19/h3-6,11-12,20H,2,7-10H2,1H3. The van der Waals surface area contributed by atoms with Gasteiger partial charge in [-0.3, -0.25) is 4.98 Å². The average Bonchev–Trinajstić information content (AvgIpc) is 2.55. The summed E-state index contributed by atoms with van der Waals surface area (Å²) in [7, 11) is 0. The molecule has 0 radical (unpaired) electrons. The zero-order chi connectivity index (χ0) is 15.5. The van der Waals surface area contributed by atoms with Crippen molar-refractivity contribution in [1.29, 1.82) is 0 Å². The first-order valence-corrected chi connectivity index (χ1v) is 7.68. The van der Waals surface area contributed by atoms with Crippen molar-refractivity contribution < 1.29 is 14.6 Å². The molecule has 5 nitrogen and oxygen atoms in total. The molecule has 0 unspecified atom stereocenters. The minimum Gasteiger partial charge on any atom is -0.462 e. The summed E-state index contributed by atoms with van der Waals surface area (Å²) in [4.78, 5) is 18.8. The molecule has 0 amide bonds. The van der Waals surface area contributed by atoms with Gasteiger partial charge in [0.2, 0.25) is 0 Å². The summed E-state index contributed by atoms with van der Waals surface area (Å²) in [5, 5.41) is 10.7. The Bertz CT molecular complexity index is 679. The topological polar surface area (TPSA) is 62.7 Å². The van der Waals surface area contributed by atoms with Gasteiger partial charge in [-0.25, -0.2) is 4.79 Å². The van der Waals surface area contributed by atoms with E-state index in [4.69, 9.17) is 4.74 Å². The molecule has 1 aliphatic heterocycles. The Morgan fingerprint density at radius 2 is 2.09 bits per heavy atom. The van der Waals surface area contributed by atoms with Crippen LogP contribution in [-0.2, 0) is 4.74 Å². The fourth-order valence-electron chi connectivity index (χ4n) is 2.92. The van der Waals surface area contributed by atoms with E-state index >= 15 is 0 Å². The van der Waals surface area contributed by atoms with Crippen molar-refractivity contribution in [3.05, 3.63) is 36.0 Å². The molecule has 1 aromatic heterocycles. The van der Waals surface area contributed by atoms with Gasteiger partial charge in [-0.2, -0.15) is 0 Å². The van der Waals surface area contributed by atoms with Gasteiger partial charge in [0.05, 0.1) is 23.9 Å². The van der Waals surface area contributed by atoms with Crippen LogP contribution in [0.5, 0.6) is 0 Å². The van der Waals surface area contributed by atoms with E-state index in [1.54, 1.807) is 13.1 Å². The van der Waals surface area contributed by atoms with E-state index in [0.717, 1.165) is 29.7 Å². The third-order valence-corrected chi connectivity index (χ3v) is 4.02. The van der Waals surface area contributed by atoms with E-state index in [9.17, 15) is 9.90 Å². The number of hydrogen-bond donors (Lipinski definition) is 1. The van der Waals surface area contributed by atoms with Crippen LogP contribution < -0.4 is 4.90 Å². The lowest BCUT2D eigenvalue weighted by atomic mass is 10.0. The number of rotatable bonds is 3. The number of aliphatic hydroxyl groups excluding tert-OH is 1. The quantitative estimate of drug-likeness (QED) is 0.882. The number of fused-ring (bicyclic) bond motifs is 1. The van der Waals surface area contributed by atoms with Gasteiger partial charge in [-0.15, -0.1) is 0 Å². The number of piperidine rings is 1. The molecule has 0 spiro atoms. The predicted molar refractivity (Wildman–Crippen MR) is 85.2 cm³/mol. The van der Waals surface area contributed by atoms with Gasteiger partial charge in [-0.05, 0) is 25.8 Å². The Kier molecular flexibility index (Phi) is 4.24. The Morgan fingerprint density at radius 3 is 2.82 bits per heavy atom. The molecular formula is C17H20N2O3. The molecule has 0 saturated carbocycles. The minimum atomic E-state index is -0.345. The lowest BCUT2D eigenvalue weighted by Gasteiger charge is -2.33. The molecule has 1 aromatic carbocycles. The van der Waals surface area contributed by atoms with Crippen molar-refractivity contribution in [2.24, 2.45) is 0 Å². The van der Waals surface area contributed by atoms with Gasteiger partial charge in [0.15, 0.2) is 0 Å². The van der Waals surface area contributed by atoms with Gasteiger partial charge < -0.3 is 14.7 Å². The first-order valence-electron chi connectivity index (χ1n) is 7.68. The average molecular weight is 300 g/mol. The van der Waals surface area contributed by atoms with Gasteiger partial charge in [-0.1, -0.05) is 18.2 Å². The largest absolute Gasteiger partial charge is 0.462 e. The van der Waals surface area contributed by atoms with Crippen molar-refractivity contribution >= 4 is 22.6 Å². The lowest BCUT2D eigenvalue weighted by Crippen LogP contribution is -2.37. The Balaban J connectivity index is 2.10. The van der Waals surface area contributed by atoms with Crippen LogP contribution in [0.4, 0.5) is 5.69 Å². The van der Waals surface area contributed by atoms with E-state index in [0.29, 0.717) is 25.0 Å². The fourth-order valence-corrected chi connectivity index (χ4v) is 2.92. The van der Waals surface area contributed by atoms with Gasteiger partial charge in [0, 0.05) is 24.7 Å². The molecule has 1 N–H and O–H groups in total. The molecule has 3 rings (SSSR count). The summed E-state index contributed by atoms with van der Waals surface area (Å²) in [5.74, 6) is -0.345. The molecule has 0 bridgehead atoms. The van der Waals surface area contributed by atoms with Crippen molar-refractivity contribution in [2.45, 2.75) is 25.9 Å².